The molecular formula is C13H11BrN4O2. The van der Waals surface area contributed by atoms with Gasteiger partial charge in [-0.15, -0.1) is 10.2 Å². The maximum atomic E-state index is 12.0. The van der Waals surface area contributed by atoms with Gasteiger partial charge in [0.05, 0.1) is 6.04 Å². The van der Waals surface area contributed by atoms with E-state index in [4.69, 9.17) is 4.42 Å². The lowest BCUT2D eigenvalue weighted by Crippen LogP contribution is -2.27. The van der Waals surface area contributed by atoms with E-state index in [-0.39, 0.29) is 17.7 Å². The summed E-state index contributed by atoms with van der Waals surface area (Å²) in [6.07, 6.45) is 1.86. The topological polar surface area (TPSA) is 72.4 Å². The molecule has 0 aromatic carbocycles. The fourth-order valence-corrected chi connectivity index (χ4v) is 2.23. The number of carbonyl (C=O) groups is 1. The third-order valence-electron chi connectivity index (χ3n) is 2.87. The van der Waals surface area contributed by atoms with Crippen LogP contribution >= 0.6 is 15.9 Å². The third-order valence-corrected chi connectivity index (χ3v) is 3.30. The van der Waals surface area contributed by atoms with E-state index >= 15 is 0 Å². The fourth-order valence-electron chi connectivity index (χ4n) is 1.92. The average molecular weight is 335 g/mol. The Morgan fingerprint density at radius 1 is 1.35 bits per heavy atom. The number of halogens is 1. The molecular weight excluding hydrogens is 324 g/mol. The van der Waals surface area contributed by atoms with E-state index in [9.17, 15) is 4.79 Å². The van der Waals surface area contributed by atoms with Crippen LogP contribution in [-0.4, -0.2) is 20.5 Å². The molecule has 0 bridgehead atoms. The van der Waals surface area contributed by atoms with Gasteiger partial charge in [0.15, 0.2) is 21.9 Å². The van der Waals surface area contributed by atoms with Crippen LogP contribution in [0.15, 0.2) is 45.6 Å². The molecule has 0 radical (unpaired) electrons. The molecule has 0 aliphatic rings. The molecule has 3 aromatic rings. The van der Waals surface area contributed by atoms with Crippen molar-refractivity contribution in [2.75, 3.05) is 0 Å². The van der Waals surface area contributed by atoms with Crippen molar-refractivity contribution in [2.45, 2.75) is 13.0 Å². The Morgan fingerprint density at radius 3 is 2.95 bits per heavy atom. The van der Waals surface area contributed by atoms with Gasteiger partial charge in [0.25, 0.3) is 5.91 Å². The molecule has 0 unspecified atom stereocenters. The maximum absolute atomic E-state index is 12.0. The van der Waals surface area contributed by atoms with E-state index < -0.39 is 0 Å². The van der Waals surface area contributed by atoms with E-state index in [0.29, 0.717) is 10.5 Å². The molecule has 1 atom stereocenters. The second kappa shape index (κ2) is 5.09. The Kier molecular flexibility index (Phi) is 3.27. The molecule has 0 fully saturated rings. The van der Waals surface area contributed by atoms with Crippen LogP contribution < -0.4 is 5.32 Å². The van der Waals surface area contributed by atoms with Crippen molar-refractivity contribution < 1.29 is 9.21 Å². The minimum atomic E-state index is -0.295. The summed E-state index contributed by atoms with van der Waals surface area (Å²) in [6.45, 7) is 1.85. The Balaban J connectivity index is 1.82. The Bertz CT molecular complexity index is 764. The summed E-state index contributed by atoms with van der Waals surface area (Å²) in [7, 11) is 0. The lowest BCUT2D eigenvalue weighted by molar-refractivity contribution is 0.0909. The molecule has 7 heteroatoms. The van der Waals surface area contributed by atoms with Crippen LogP contribution in [0.4, 0.5) is 0 Å². The van der Waals surface area contributed by atoms with E-state index in [1.165, 1.54) is 0 Å². The second-order valence-corrected chi connectivity index (χ2v) is 5.07. The molecule has 3 aromatic heterocycles. The van der Waals surface area contributed by atoms with Gasteiger partial charge in [-0.2, -0.15) is 0 Å². The van der Waals surface area contributed by atoms with E-state index in [2.05, 4.69) is 31.4 Å². The number of fused-ring (bicyclic) bond motifs is 1. The lowest BCUT2D eigenvalue weighted by Gasteiger charge is -2.10. The van der Waals surface area contributed by atoms with Gasteiger partial charge in [-0.05, 0) is 47.1 Å². The summed E-state index contributed by atoms with van der Waals surface area (Å²) < 4.78 is 7.57. The molecule has 3 heterocycles. The maximum Gasteiger partial charge on any atom is 0.287 e. The zero-order valence-electron chi connectivity index (χ0n) is 10.6. The minimum Gasteiger partial charge on any atom is -0.444 e. The predicted molar refractivity (Wildman–Crippen MR) is 75.3 cm³/mol. The van der Waals surface area contributed by atoms with Crippen LogP contribution in [0.25, 0.3) is 5.65 Å². The van der Waals surface area contributed by atoms with E-state index in [0.717, 1.165) is 5.65 Å². The number of nitrogens with one attached hydrogen (secondary N) is 1. The van der Waals surface area contributed by atoms with Gasteiger partial charge < -0.3 is 9.73 Å². The van der Waals surface area contributed by atoms with E-state index in [1.807, 2.05) is 35.7 Å². The summed E-state index contributed by atoms with van der Waals surface area (Å²) in [5.41, 5.74) is 0.740. The van der Waals surface area contributed by atoms with Gasteiger partial charge in [0.2, 0.25) is 0 Å². The van der Waals surface area contributed by atoms with Crippen molar-refractivity contribution >= 4 is 27.5 Å². The number of amides is 1. The highest BCUT2D eigenvalue weighted by atomic mass is 79.9. The summed E-state index contributed by atoms with van der Waals surface area (Å²) >= 11 is 3.16. The number of rotatable bonds is 3. The number of hydrogen-bond donors (Lipinski definition) is 1. The SMILES string of the molecule is C[C@@H](NC(=O)c1ccc(Br)o1)c1nnc2ccccn12. The number of pyridine rings is 1. The summed E-state index contributed by atoms with van der Waals surface area (Å²) in [5.74, 6) is 0.619. The van der Waals surface area contributed by atoms with Crippen molar-refractivity contribution in [3.63, 3.8) is 0 Å². The smallest absolute Gasteiger partial charge is 0.287 e. The summed E-state index contributed by atoms with van der Waals surface area (Å²) in [6, 6.07) is 8.62. The molecule has 0 aliphatic heterocycles. The molecule has 102 valence electrons. The van der Waals surface area contributed by atoms with Gasteiger partial charge in [-0.1, -0.05) is 6.07 Å². The Labute approximate surface area is 122 Å². The normalized spacial score (nSPS) is 12.5. The number of hydrogen-bond acceptors (Lipinski definition) is 4. The van der Waals surface area contributed by atoms with Crippen LogP contribution in [0.5, 0.6) is 0 Å². The minimum absolute atomic E-state index is 0.248. The van der Waals surface area contributed by atoms with Crippen LogP contribution in [0, 0.1) is 0 Å². The Hall–Kier alpha value is -2.15. The predicted octanol–water partition coefficient (Wildman–Crippen LogP) is 2.58. The second-order valence-electron chi connectivity index (χ2n) is 4.29. The van der Waals surface area contributed by atoms with Crippen molar-refractivity contribution in [1.29, 1.82) is 0 Å². The average Bonchev–Trinajstić information content (AvgIpc) is 3.04. The first-order valence-electron chi connectivity index (χ1n) is 6.01. The molecule has 0 aliphatic carbocycles. The number of aromatic nitrogens is 3. The van der Waals surface area contributed by atoms with Crippen molar-refractivity contribution in [3.8, 4) is 0 Å². The van der Waals surface area contributed by atoms with Crippen LogP contribution in [0.1, 0.15) is 29.3 Å². The first kappa shape index (κ1) is 12.9. The quantitative estimate of drug-likeness (QED) is 0.798. The van der Waals surface area contributed by atoms with Gasteiger partial charge in [0, 0.05) is 6.20 Å². The highest BCUT2D eigenvalue weighted by Gasteiger charge is 2.18. The summed E-state index contributed by atoms with van der Waals surface area (Å²) in [5, 5.41) is 11.0. The van der Waals surface area contributed by atoms with Crippen molar-refractivity contribution in [2.24, 2.45) is 0 Å². The fraction of sp³-hybridized carbons (Fsp3) is 0.154. The molecule has 0 saturated carbocycles. The molecule has 0 spiro atoms. The number of carbonyl (C=O) groups excluding carboxylic acids is 1. The van der Waals surface area contributed by atoms with Gasteiger partial charge in [0.1, 0.15) is 0 Å². The zero-order valence-corrected chi connectivity index (χ0v) is 12.2. The largest absolute Gasteiger partial charge is 0.444 e. The van der Waals surface area contributed by atoms with Crippen molar-refractivity contribution in [3.05, 3.63) is 52.8 Å². The Morgan fingerprint density at radius 2 is 2.20 bits per heavy atom. The third kappa shape index (κ3) is 2.32. The lowest BCUT2D eigenvalue weighted by atomic mass is 10.3. The summed E-state index contributed by atoms with van der Waals surface area (Å²) in [4.78, 5) is 12.0. The highest BCUT2D eigenvalue weighted by molar-refractivity contribution is 9.10. The molecule has 1 amide bonds. The highest BCUT2D eigenvalue weighted by Crippen LogP contribution is 2.16. The van der Waals surface area contributed by atoms with Crippen LogP contribution in [0.2, 0.25) is 0 Å². The number of nitrogens with zero attached hydrogens (tertiary/aromatic N) is 3. The zero-order chi connectivity index (χ0) is 14.1. The monoisotopic (exact) mass is 334 g/mol. The van der Waals surface area contributed by atoms with Gasteiger partial charge >= 0.3 is 0 Å². The molecule has 0 saturated heterocycles. The van der Waals surface area contributed by atoms with Crippen LogP contribution in [-0.2, 0) is 0 Å². The molecule has 3 rings (SSSR count). The van der Waals surface area contributed by atoms with E-state index in [1.54, 1.807) is 12.1 Å². The molecule has 20 heavy (non-hydrogen) atoms. The standard InChI is InChI=1S/C13H11BrN4O2/c1-8(15-13(19)9-5-6-10(14)20-9)12-17-16-11-4-2-3-7-18(11)12/h2-8H,1H3,(H,15,19)/t8-/m1/s1. The molecule has 6 nitrogen and oxygen atoms in total. The van der Waals surface area contributed by atoms with Gasteiger partial charge in [-0.25, -0.2) is 0 Å². The van der Waals surface area contributed by atoms with Gasteiger partial charge in [-0.3, -0.25) is 9.20 Å². The van der Waals surface area contributed by atoms with Crippen molar-refractivity contribution in [1.82, 2.24) is 19.9 Å². The van der Waals surface area contributed by atoms with Crippen LogP contribution in [0.3, 0.4) is 0 Å². The first-order valence-corrected chi connectivity index (χ1v) is 6.80. The first-order chi connectivity index (χ1) is 9.65. The number of furan rings is 1. The molecule has 1 N–H and O–H groups in total.